The fraction of sp³-hybridized carbons (Fsp3) is 0.227. The van der Waals surface area contributed by atoms with Crippen molar-refractivity contribution in [2.45, 2.75) is 6.92 Å². The fourth-order valence-corrected chi connectivity index (χ4v) is 3.76. The number of hydrogen-bond donors (Lipinski definition) is 0. The highest BCUT2D eigenvalue weighted by Gasteiger charge is 2.30. The molecular weight excluding hydrogens is 403 g/mol. The van der Waals surface area contributed by atoms with Crippen LogP contribution in [0.25, 0.3) is 22.6 Å². The molecule has 1 fully saturated rings. The number of aromatic nitrogens is 1. The Morgan fingerprint density at radius 1 is 1.19 bits per heavy atom. The first kappa shape index (κ1) is 18.9. The number of piperazine rings is 1. The summed E-state index contributed by atoms with van der Waals surface area (Å²) >= 11 is 0. The van der Waals surface area contributed by atoms with Gasteiger partial charge in [-0.1, -0.05) is 0 Å². The first-order valence-electron chi connectivity index (χ1n) is 9.73. The molecule has 0 N–H and O–H groups in total. The van der Waals surface area contributed by atoms with Gasteiger partial charge >= 0.3 is 0 Å². The Bertz CT molecular complexity index is 1310. The molecule has 5 rings (SSSR count). The number of halogens is 1. The molecule has 4 heterocycles. The molecule has 8 nitrogen and oxygen atoms in total. The molecule has 3 aromatic heterocycles. The minimum Gasteiger partial charge on any atom is -0.459 e. The topological polar surface area (TPSA) is 99.7 Å². The maximum Gasteiger partial charge on any atom is 0.290 e. The molecule has 0 aliphatic carbocycles. The van der Waals surface area contributed by atoms with E-state index in [-0.39, 0.29) is 29.1 Å². The van der Waals surface area contributed by atoms with Gasteiger partial charge in [-0.2, -0.15) is 10.2 Å². The highest BCUT2D eigenvalue weighted by Crippen LogP contribution is 2.30. The number of hydrogen-bond acceptors (Lipinski definition) is 7. The van der Waals surface area contributed by atoms with E-state index in [1.54, 1.807) is 24.0 Å². The van der Waals surface area contributed by atoms with E-state index in [0.717, 1.165) is 0 Å². The van der Waals surface area contributed by atoms with Crippen LogP contribution in [0.3, 0.4) is 0 Å². The molecule has 0 saturated carbocycles. The van der Waals surface area contributed by atoms with Crippen LogP contribution in [0.5, 0.6) is 0 Å². The number of nitrogens with zero attached hydrogens (tertiary/aromatic N) is 4. The number of benzene rings is 1. The third-order valence-electron chi connectivity index (χ3n) is 5.39. The standard InChI is InChI=1S/C22H17FN4O4/c1-13-15-11-14(23)4-5-17(15)30-19(13)21(28)26-6-8-27(9-7-26)22-16(12-24)25-20(31-22)18-3-2-10-29-18/h2-5,10-11H,6-9H2,1H3. The van der Waals surface area contributed by atoms with Gasteiger partial charge in [-0.05, 0) is 37.3 Å². The largest absolute Gasteiger partial charge is 0.459 e. The zero-order valence-electron chi connectivity index (χ0n) is 16.6. The van der Waals surface area contributed by atoms with Crippen LogP contribution in [-0.2, 0) is 0 Å². The summed E-state index contributed by atoms with van der Waals surface area (Å²) in [6, 6.07) is 9.66. The number of aryl methyl sites for hydroxylation is 1. The van der Waals surface area contributed by atoms with Crippen LogP contribution >= 0.6 is 0 Å². The molecule has 0 radical (unpaired) electrons. The molecule has 1 aliphatic rings. The molecule has 0 atom stereocenters. The van der Waals surface area contributed by atoms with Gasteiger partial charge in [0, 0.05) is 37.1 Å². The van der Waals surface area contributed by atoms with Crippen molar-refractivity contribution in [1.82, 2.24) is 9.88 Å². The van der Waals surface area contributed by atoms with E-state index >= 15 is 0 Å². The summed E-state index contributed by atoms with van der Waals surface area (Å²) in [7, 11) is 0. The van der Waals surface area contributed by atoms with E-state index in [1.165, 1.54) is 24.5 Å². The van der Waals surface area contributed by atoms with Gasteiger partial charge in [0.2, 0.25) is 11.6 Å². The molecule has 4 aromatic rings. The van der Waals surface area contributed by atoms with Crippen LogP contribution in [-0.4, -0.2) is 42.0 Å². The van der Waals surface area contributed by atoms with Crippen LogP contribution in [0.4, 0.5) is 10.3 Å². The summed E-state index contributed by atoms with van der Waals surface area (Å²) in [5.41, 5.74) is 1.26. The van der Waals surface area contributed by atoms with E-state index in [4.69, 9.17) is 13.3 Å². The number of carbonyl (C=O) groups excluding carboxylic acids is 1. The molecule has 0 unspecified atom stereocenters. The van der Waals surface area contributed by atoms with Crippen LogP contribution in [0.15, 0.2) is 49.8 Å². The Hall–Kier alpha value is -4.06. The lowest BCUT2D eigenvalue weighted by atomic mass is 10.1. The Morgan fingerprint density at radius 2 is 2.00 bits per heavy atom. The van der Waals surface area contributed by atoms with Crippen molar-refractivity contribution < 1.29 is 22.4 Å². The van der Waals surface area contributed by atoms with E-state index in [9.17, 15) is 14.4 Å². The van der Waals surface area contributed by atoms with E-state index in [1.807, 2.05) is 11.0 Å². The second kappa shape index (κ2) is 7.32. The maximum atomic E-state index is 13.6. The lowest BCUT2D eigenvalue weighted by Crippen LogP contribution is -2.49. The van der Waals surface area contributed by atoms with Gasteiger partial charge < -0.3 is 23.1 Å². The number of anilines is 1. The molecular formula is C22H17FN4O4. The van der Waals surface area contributed by atoms with Gasteiger partial charge in [0.1, 0.15) is 17.5 Å². The maximum absolute atomic E-state index is 13.6. The van der Waals surface area contributed by atoms with Crippen molar-refractivity contribution in [1.29, 1.82) is 5.26 Å². The Morgan fingerprint density at radius 3 is 2.71 bits per heavy atom. The predicted octanol–water partition coefficient (Wildman–Crippen LogP) is 3.96. The molecule has 0 bridgehead atoms. The van der Waals surface area contributed by atoms with E-state index < -0.39 is 0 Å². The van der Waals surface area contributed by atoms with Crippen LogP contribution < -0.4 is 4.90 Å². The minimum atomic E-state index is -0.377. The Kier molecular flexibility index (Phi) is 4.47. The summed E-state index contributed by atoms with van der Waals surface area (Å²) in [4.78, 5) is 20.8. The van der Waals surface area contributed by atoms with Gasteiger partial charge in [-0.25, -0.2) is 4.39 Å². The van der Waals surface area contributed by atoms with Gasteiger partial charge in [0.25, 0.3) is 11.8 Å². The second-order valence-electron chi connectivity index (χ2n) is 7.24. The Balaban J connectivity index is 1.34. The molecule has 1 aromatic carbocycles. The number of furan rings is 2. The van der Waals surface area contributed by atoms with E-state index in [2.05, 4.69) is 4.98 Å². The number of rotatable bonds is 3. The van der Waals surface area contributed by atoms with E-state index in [0.29, 0.717) is 54.4 Å². The normalized spacial score (nSPS) is 14.2. The third-order valence-corrected chi connectivity index (χ3v) is 5.39. The van der Waals surface area contributed by atoms with Gasteiger partial charge in [-0.15, -0.1) is 0 Å². The van der Waals surface area contributed by atoms with Crippen LogP contribution in [0.2, 0.25) is 0 Å². The SMILES string of the molecule is Cc1c(C(=O)N2CCN(c3oc(-c4ccco4)nc3C#N)CC2)oc2ccc(F)cc12. The second-order valence-corrected chi connectivity index (χ2v) is 7.24. The molecule has 156 valence electrons. The van der Waals surface area contributed by atoms with Gasteiger partial charge in [0.05, 0.1) is 6.26 Å². The molecule has 1 aliphatic heterocycles. The third kappa shape index (κ3) is 3.22. The van der Waals surface area contributed by atoms with Crippen LogP contribution in [0, 0.1) is 24.1 Å². The summed E-state index contributed by atoms with van der Waals surface area (Å²) in [6.07, 6.45) is 1.50. The van der Waals surface area contributed by atoms with Gasteiger partial charge in [-0.3, -0.25) is 4.79 Å². The number of amides is 1. The molecule has 0 spiro atoms. The number of fused-ring (bicyclic) bond motifs is 1. The molecule has 9 heteroatoms. The molecule has 1 saturated heterocycles. The number of nitriles is 1. The van der Waals surface area contributed by atoms with Gasteiger partial charge in [0.15, 0.2) is 11.5 Å². The molecule has 1 amide bonds. The fourth-order valence-electron chi connectivity index (χ4n) is 3.76. The zero-order valence-corrected chi connectivity index (χ0v) is 16.6. The highest BCUT2D eigenvalue weighted by atomic mass is 19.1. The smallest absolute Gasteiger partial charge is 0.290 e. The lowest BCUT2D eigenvalue weighted by Gasteiger charge is -2.34. The van der Waals surface area contributed by atoms with Crippen molar-refractivity contribution >= 4 is 22.8 Å². The lowest BCUT2D eigenvalue weighted by molar-refractivity contribution is 0.0714. The average molecular weight is 420 g/mol. The quantitative estimate of drug-likeness (QED) is 0.494. The summed E-state index contributed by atoms with van der Waals surface area (Å²) in [5, 5.41) is 10.0. The minimum absolute atomic E-state index is 0.168. The first-order chi connectivity index (χ1) is 15.0. The van der Waals surface area contributed by atoms with Crippen molar-refractivity contribution in [2.75, 3.05) is 31.1 Å². The van der Waals surface area contributed by atoms with Crippen molar-refractivity contribution in [2.24, 2.45) is 0 Å². The van der Waals surface area contributed by atoms with Crippen molar-refractivity contribution in [3.8, 4) is 17.7 Å². The Labute approximate surface area is 176 Å². The van der Waals surface area contributed by atoms with Crippen molar-refractivity contribution in [3.05, 3.63) is 59.4 Å². The molecule has 31 heavy (non-hydrogen) atoms. The summed E-state index contributed by atoms with van der Waals surface area (Å²) < 4.78 is 30.3. The first-order valence-corrected chi connectivity index (χ1v) is 9.73. The predicted molar refractivity (Wildman–Crippen MR) is 108 cm³/mol. The number of oxazole rings is 1. The monoisotopic (exact) mass is 420 g/mol. The van der Waals surface area contributed by atoms with Crippen molar-refractivity contribution in [3.63, 3.8) is 0 Å². The zero-order chi connectivity index (χ0) is 21.5. The average Bonchev–Trinajstić information content (AvgIpc) is 3.52. The summed E-state index contributed by atoms with van der Waals surface area (Å²) in [6.45, 7) is 3.48. The highest BCUT2D eigenvalue weighted by molar-refractivity contribution is 5.99. The number of carbonyl (C=O) groups is 1. The summed E-state index contributed by atoms with van der Waals surface area (Å²) in [5.74, 6) is 0.623. The van der Waals surface area contributed by atoms with Crippen LogP contribution in [0.1, 0.15) is 21.8 Å².